The van der Waals surface area contributed by atoms with Crippen molar-refractivity contribution in [2.24, 2.45) is 4.99 Å². The van der Waals surface area contributed by atoms with Crippen molar-refractivity contribution in [3.63, 3.8) is 0 Å². The summed E-state index contributed by atoms with van der Waals surface area (Å²) in [6, 6.07) is 3.74. The summed E-state index contributed by atoms with van der Waals surface area (Å²) in [5.41, 5.74) is 2.08. The minimum atomic E-state index is -2.85. The van der Waals surface area contributed by atoms with E-state index in [9.17, 15) is 18.4 Å². The number of aryl methyl sites for hydroxylation is 1. The predicted octanol–water partition coefficient (Wildman–Crippen LogP) is 2.80. The van der Waals surface area contributed by atoms with Crippen LogP contribution >= 0.6 is 0 Å². The highest BCUT2D eigenvalue weighted by atomic mass is 19.3. The minimum absolute atomic E-state index is 0.0466. The van der Waals surface area contributed by atoms with Crippen LogP contribution in [-0.4, -0.2) is 46.7 Å². The molecule has 0 spiro atoms. The summed E-state index contributed by atoms with van der Waals surface area (Å²) >= 11 is 0. The number of aromatic nitrogens is 2. The van der Waals surface area contributed by atoms with Crippen molar-refractivity contribution >= 4 is 29.2 Å². The molecule has 0 aliphatic carbocycles. The van der Waals surface area contributed by atoms with E-state index in [1.807, 2.05) is 29.8 Å². The zero-order valence-electron chi connectivity index (χ0n) is 16.8. The Bertz CT molecular complexity index is 981. The quantitative estimate of drug-likeness (QED) is 0.486. The Morgan fingerprint density at radius 2 is 2.17 bits per heavy atom. The number of alkyl halides is 2. The highest BCUT2D eigenvalue weighted by Crippen LogP contribution is 2.26. The molecule has 0 saturated heterocycles. The van der Waals surface area contributed by atoms with Gasteiger partial charge >= 0.3 is 0 Å². The molecule has 0 bridgehead atoms. The van der Waals surface area contributed by atoms with Crippen molar-refractivity contribution in [1.29, 1.82) is 0 Å². The maximum Gasteiger partial charge on any atom is 0.250 e. The number of hydrogen-bond acceptors (Lipinski definition) is 4. The van der Waals surface area contributed by atoms with E-state index in [4.69, 9.17) is 0 Å². The van der Waals surface area contributed by atoms with Gasteiger partial charge < -0.3 is 10.6 Å². The van der Waals surface area contributed by atoms with E-state index in [0.717, 1.165) is 16.8 Å². The number of aliphatic imine (C=N–C) groups is 1. The molecule has 1 aliphatic rings. The van der Waals surface area contributed by atoms with Gasteiger partial charge in [0.25, 0.3) is 0 Å². The molecule has 2 aromatic heterocycles. The van der Waals surface area contributed by atoms with E-state index >= 15 is 0 Å². The molecule has 2 amide bonds. The molecule has 160 valence electrons. The van der Waals surface area contributed by atoms with E-state index in [2.05, 4.69) is 20.6 Å². The summed E-state index contributed by atoms with van der Waals surface area (Å²) in [6.45, 7) is 2.39. The largest absolute Gasteiger partial charge is 0.358 e. The Morgan fingerprint density at radius 3 is 2.87 bits per heavy atom. The lowest BCUT2D eigenvalue weighted by Gasteiger charge is -2.16. The molecule has 0 atom stereocenters. The van der Waals surface area contributed by atoms with Crippen LogP contribution in [0.3, 0.4) is 0 Å². The number of fused-ring (bicyclic) bond motifs is 1. The molecule has 2 N–H and O–H groups in total. The van der Waals surface area contributed by atoms with Gasteiger partial charge in [-0.1, -0.05) is 0 Å². The topological polar surface area (TPSA) is 88.4 Å². The predicted molar refractivity (Wildman–Crippen MR) is 111 cm³/mol. The Kier molecular flexibility index (Phi) is 6.91. The summed E-state index contributed by atoms with van der Waals surface area (Å²) in [4.78, 5) is 31.0. The smallest absolute Gasteiger partial charge is 0.250 e. The number of amides is 2. The number of carbonyl (C=O) groups excluding carboxylic acids is 2. The molecule has 3 heterocycles. The van der Waals surface area contributed by atoms with Gasteiger partial charge in [0.2, 0.25) is 18.2 Å². The van der Waals surface area contributed by atoms with E-state index in [1.54, 1.807) is 12.4 Å². The van der Waals surface area contributed by atoms with Crippen molar-refractivity contribution in [2.45, 2.75) is 45.0 Å². The van der Waals surface area contributed by atoms with E-state index < -0.39 is 5.92 Å². The highest BCUT2D eigenvalue weighted by Gasteiger charge is 2.27. The van der Waals surface area contributed by atoms with Crippen molar-refractivity contribution in [3.8, 4) is 0 Å². The van der Waals surface area contributed by atoms with Crippen LogP contribution < -0.4 is 10.6 Å². The maximum atomic E-state index is 13.9. The lowest BCUT2D eigenvalue weighted by Crippen LogP contribution is -2.26. The molecule has 0 aromatic carbocycles. The monoisotopic (exact) mass is 417 g/mol. The SMILES string of the molecule is CCNC(=O)C1=CN=C(n2ccc3cc(CCC(F)(F)CCNC=O)cnc32)CC1. The molecule has 7 nitrogen and oxygen atoms in total. The van der Waals surface area contributed by atoms with Crippen LogP contribution in [0.25, 0.3) is 11.0 Å². The molecule has 2 aromatic rings. The normalized spacial score (nSPS) is 14.2. The first kappa shape index (κ1) is 21.6. The number of pyridine rings is 1. The number of rotatable bonds is 9. The Hall–Kier alpha value is -3.10. The molecule has 3 rings (SSSR count). The van der Waals surface area contributed by atoms with Crippen LogP contribution in [-0.2, 0) is 16.0 Å². The fraction of sp³-hybridized carbons (Fsp3) is 0.429. The summed E-state index contributed by atoms with van der Waals surface area (Å²) < 4.78 is 29.7. The molecule has 1 aliphatic heterocycles. The summed E-state index contributed by atoms with van der Waals surface area (Å²) in [5.74, 6) is -2.16. The first-order chi connectivity index (χ1) is 14.4. The molecule has 9 heteroatoms. The summed E-state index contributed by atoms with van der Waals surface area (Å²) in [6.07, 6.45) is 6.18. The molecule has 0 radical (unpaired) electrons. The van der Waals surface area contributed by atoms with Gasteiger partial charge in [-0.15, -0.1) is 0 Å². The average Bonchev–Trinajstić information content (AvgIpc) is 3.16. The molecule has 0 saturated carbocycles. The number of likely N-dealkylation sites (N-methyl/N-ethyl adjacent to an activating group) is 1. The van der Waals surface area contributed by atoms with Crippen LogP contribution in [0.5, 0.6) is 0 Å². The highest BCUT2D eigenvalue weighted by molar-refractivity contribution is 5.99. The van der Waals surface area contributed by atoms with Gasteiger partial charge in [-0.25, -0.2) is 18.8 Å². The number of halogens is 2. The van der Waals surface area contributed by atoms with E-state index in [-0.39, 0.29) is 31.7 Å². The van der Waals surface area contributed by atoms with Crippen LogP contribution in [0.2, 0.25) is 0 Å². The Morgan fingerprint density at radius 1 is 1.33 bits per heavy atom. The van der Waals surface area contributed by atoms with Crippen LogP contribution in [0.4, 0.5) is 8.78 Å². The second-order valence-electron chi connectivity index (χ2n) is 7.18. The van der Waals surface area contributed by atoms with Crippen LogP contribution in [0.15, 0.2) is 41.3 Å². The van der Waals surface area contributed by atoms with Gasteiger partial charge in [0, 0.05) is 61.9 Å². The van der Waals surface area contributed by atoms with Gasteiger partial charge in [0.1, 0.15) is 11.5 Å². The number of carbonyl (C=O) groups is 2. The van der Waals surface area contributed by atoms with Crippen molar-refractivity contribution in [3.05, 3.63) is 41.9 Å². The van der Waals surface area contributed by atoms with Gasteiger partial charge in [-0.3, -0.25) is 14.2 Å². The van der Waals surface area contributed by atoms with Crippen LogP contribution in [0, 0.1) is 0 Å². The third-order valence-electron chi connectivity index (χ3n) is 4.98. The zero-order chi connectivity index (χ0) is 21.6. The van der Waals surface area contributed by atoms with Crippen molar-refractivity contribution in [2.75, 3.05) is 13.1 Å². The Labute approximate surface area is 173 Å². The summed E-state index contributed by atoms with van der Waals surface area (Å²) in [5, 5.41) is 5.88. The van der Waals surface area contributed by atoms with Gasteiger partial charge in [-0.05, 0) is 37.5 Å². The molecular weight excluding hydrogens is 392 g/mol. The number of nitrogens with one attached hydrogen (secondary N) is 2. The number of hydrogen-bond donors (Lipinski definition) is 2. The second-order valence-corrected chi connectivity index (χ2v) is 7.18. The van der Waals surface area contributed by atoms with E-state index in [1.165, 1.54) is 0 Å². The number of nitrogens with zero attached hydrogens (tertiary/aromatic N) is 3. The third-order valence-corrected chi connectivity index (χ3v) is 4.98. The van der Waals surface area contributed by atoms with Crippen molar-refractivity contribution in [1.82, 2.24) is 20.2 Å². The Balaban J connectivity index is 1.69. The zero-order valence-corrected chi connectivity index (χ0v) is 16.8. The molecular formula is C21H25F2N5O2. The first-order valence-corrected chi connectivity index (χ1v) is 9.98. The van der Waals surface area contributed by atoms with Gasteiger partial charge in [0.05, 0.1) is 0 Å². The summed E-state index contributed by atoms with van der Waals surface area (Å²) in [7, 11) is 0. The minimum Gasteiger partial charge on any atom is -0.358 e. The lowest BCUT2D eigenvalue weighted by atomic mass is 10.0. The lowest BCUT2D eigenvalue weighted by molar-refractivity contribution is -0.117. The standard InChI is InChI=1S/C21H25F2N5O2/c1-2-25-20(30)17-3-4-18(26-13-17)28-10-6-16-11-15(12-27-19(16)28)5-7-21(22,23)8-9-24-14-29/h6,10-14H,2-5,7-9H2,1H3,(H,24,29)(H,25,30). The molecule has 0 unspecified atom stereocenters. The van der Waals surface area contributed by atoms with E-state index in [0.29, 0.717) is 37.0 Å². The second kappa shape index (κ2) is 9.60. The third kappa shape index (κ3) is 5.28. The average molecular weight is 417 g/mol. The van der Waals surface area contributed by atoms with Gasteiger partial charge in [0.15, 0.2) is 0 Å². The van der Waals surface area contributed by atoms with Gasteiger partial charge in [-0.2, -0.15) is 0 Å². The molecule has 30 heavy (non-hydrogen) atoms. The maximum absolute atomic E-state index is 13.9. The van der Waals surface area contributed by atoms with Crippen LogP contribution in [0.1, 0.15) is 38.2 Å². The van der Waals surface area contributed by atoms with Crippen molar-refractivity contribution < 1.29 is 18.4 Å². The molecule has 0 fully saturated rings. The first-order valence-electron chi connectivity index (χ1n) is 9.98. The fourth-order valence-electron chi connectivity index (χ4n) is 3.34. The fourth-order valence-corrected chi connectivity index (χ4v) is 3.34.